The molecule has 1 aromatic heterocycles. The number of Topliss-reactive ketones (excluding diaryl/α,β-unsaturated/α-hetero) is 1. The summed E-state index contributed by atoms with van der Waals surface area (Å²) in [5, 5.41) is 5.32. The number of rotatable bonds is 2. The van der Waals surface area contributed by atoms with Crippen LogP contribution in [0.1, 0.15) is 16.9 Å². The van der Waals surface area contributed by atoms with Gasteiger partial charge in [-0.2, -0.15) is 0 Å². The molecule has 3 heteroatoms. The lowest BCUT2D eigenvalue weighted by Gasteiger charge is -2.07. The first-order valence-electron chi connectivity index (χ1n) is 4.56. The fourth-order valence-electron chi connectivity index (χ4n) is 1.64. The minimum absolute atomic E-state index is 0.0809. The summed E-state index contributed by atoms with van der Waals surface area (Å²) in [6.07, 6.45) is 1.58. The van der Waals surface area contributed by atoms with Crippen molar-refractivity contribution in [2.45, 2.75) is 25.8 Å². The highest BCUT2D eigenvalue weighted by atomic mass is 32.1. The van der Waals surface area contributed by atoms with Crippen molar-refractivity contribution >= 4 is 17.1 Å². The van der Waals surface area contributed by atoms with Gasteiger partial charge in [0.15, 0.2) is 5.78 Å². The minimum atomic E-state index is 0.0809. The summed E-state index contributed by atoms with van der Waals surface area (Å²) in [4.78, 5) is 12.7. The molecule has 0 saturated carbocycles. The molecular formula is C10H13NOS. The lowest BCUT2D eigenvalue weighted by Crippen LogP contribution is -2.29. The van der Waals surface area contributed by atoms with Gasteiger partial charge in [-0.25, -0.2) is 0 Å². The smallest absolute Gasteiger partial charge is 0.151 e. The number of thiophene rings is 1. The molecule has 1 aliphatic heterocycles. The quantitative estimate of drug-likeness (QED) is 0.775. The van der Waals surface area contributed by atoms with Gasteiger partial charge in [-0.15, -0.1) is 11.3 Å². The second kappa shape index (κ2) is 3.60. The van der Waals surface area contributed by atoms with E-state index in [9.17, 15) is 4.79 Å². The first kappa shape index (κ1) is 8.91. The van der Waals surface area contributed by atoms with Gasteiger partial charge >= 0.3 is 0 Å². The molecule has 2 rings (SSSR count). The van der Waals surface area contributed by atoms with Crippen LogP contribution >= 0.6 is 11.3 Å². The van der Waals surface area contributed by atoms with Crippen molar-refractivity contribution in [3.63, 3.8) is 0 Å². The summed E-state index contributed by atoms with van der Waals surface area (Å²) < 4.78 is 0. The van der Waals surface area contributed by atoms with Gasteiger partial charge in [-0.1, -0.05) is 0 Å². The third-order valence-corrected chi connectivity index (χ3v) is 3.55. The predicted octanol–water partition coefficient (Wildman–Crippen LogP) is 1.53. The zero-order chi connectivity index (χ0) is 9.26. The molecule has 1 aromatic rings. The number of carbonyl (C=O) groups is 1. The Bertz CT molecular complexity index is 318. The van der Waals surface area contributed by atoms with E-state index in [0.29, 0.717) is 12.2 Å². The molecule has 0 spiro atoms. The van der Waals surface area contributed by atoms with Crippen molar-refractivity contribution in [2.75, 3.05) is 6.54 Å². The predicted molar refractivity (Wildman–Crippen MR) is 54.2 cm³/mol. The van der Waals surface area contributed by atoms with Crippen LogP contribution in [0.5, 0.6) is 0 Å². The first-order valence-corrected chi connectivity index (χ1v) is 5.44. The Balaban J connectivity index is 2.06. The highest BCUT2D eigenvalue weighted by Crippen LogP contribution is 2.19. The van der Waals surface area contributed by atoms with E-state index in [1.807, 2.05) is 0 Å². The lowest BCUT2D eigenvalue weighted by atomic mass is 10.1. The summed E-state index contributed by atoms with van der Waals surface area (Å²) in [6, 6.07) is 2.19. The second-order valence-electron chi connectivity index (χ2n) is 3.45. The Morgan fingerprint density at radius 2 is 2.54 bits per heavy atom. The molecule has 2 nitrogen and oxygen atoms in total. The van der Waals surface area contributed by atoms with E-state index in [1.165, 1.54) is 10.4 Å². The maximum absolute atomic E-state index is 11.4. The van der Waals surface area contributed by atoms with Gasteiger partial charge in [0.25, 0.3) is 0 Å². The topological polar surface area (TPSA) is 29.1 Å². The van der Waals surface area contributed by atoms with Crippen molar-refractivity contribution in [3.8, 4) is 0 Å². The fraction of sp³-hybridized carbons (Fsp3) is 0.500. The number of ketones is 1. The number of carbonyl (C=O) groups excluding carboxylic acids is 1. The van der Waals surface area contributed by atoms with Gasteiger partial charge in [0.1, 0.15) is 0 Å². The molecule has 1 saturated heterocycles. The van der Waals surface area contributed by atoms with E-state index in [1.54, 1.807) is 11.3 Å². The van der Waals surface area contributed by atoms with E-state index < -0.39 is 0 Å². The highest BCUT2D eigenvalue weighted by Gasteiger charge is 2.24. The Labute approximate surface area is 82.0 Å². The summed E-state index contributed by atoms with van der Waals surface area (Å²) in [5.41, 5.74) is 1.31. The molecular weight excluding hydrogens is 182 g/mol. The van der Waals surface area contributed by atoms with Crippen molar-refractivity contribution in [1.82, 2.24) is 5.32 Å². The highest BCUT2D eigenvalue weighted by molar-refractivity contribution is 7.10. The van der Waals surface area contributed by atoms with Crippen LogP contribution in [-0.2, 0) is 11.2 Å². The van der Waals surface area contributed by atoms with Crippen LogP contribution in [0.3, 0.4) is 0 Å². The largest absolute Gasteiger partial charge is 0.307 e. The van der Waals surface area contributed by atoms with Gasteiger partial charge in [0.05, 0.1) is 6.04 Å². The number of nitrogens with one attached hydrogen (secondary N) is 1. The third-order valence-electron chi connectivity index (χ3n) is 2.51. The number of aryl methyl sites for hydroxylation is 1. The SMILES string of the molecule is Cc1ccsc1CC1NCCC1=O. The Morgan fingerprint density at radius 1 is 1.69 bits per heavy atom. The van der Waals surface area contributed by atoms with E-state index >= 15 is 0 Å². The standard InChI is InChI=1S/C10H13NOS/c1-7-3-5-13-10(7)6-8-9(12)2-4-11-8/h3,5,8,11H,2,4,6H2,1H3. The average molecular weight is 195 g/mol. The molecule has 0 radical (unpaired) electrons. The van der Waals surface area contributed by atoms with Crippen LogP contribution in [0.4, 0.5) is 0 Å². The van der Waals surface area contributed by atoms with Gasteiger partial charge < -0.3 is 5.32 Å². The maximum Gasteiger partial charge on any atom is 0.151 e. The number of hydrogen-bond donors (Lipinski definition) is 1. The Kier molecular flexibility index (Phi) is 2.47. The van der Waals surface area contributed by atoms with E-state index in [-0.39, 0.29) is 6.04 Å². The van der Waals surface area contributed by atoms with Gasteiger partial charge in [-0.05, 0) is 23.9 Å². The van der Waals surface area contributed by atoms with Gasteiger partial charge in [-0.3, -0.25) is 4.79 Å². The van der Waals surface area contributed by atoms with E-state index in [2.05, 4.69) is 23.7 Å². The molecule has 0 bridgehead atoms. The van der Waals surface area contributed by atoms with Crippen molar-refractivity contribution < 1.29 is 4.79 Å². The molecule has 1 aliphatic rings. The van der Waals surface area contributed by atoms with Crippen LogP contribution in [0.15, 0.2) is 11.4 Å². The molecule has 70 valence electrons. The van der Waals surface area contributed by atoms with Crippen LogP contribution in [0, 0.1) is 6.92 Å². The third kappa shape index (κ3) is 1.81. The fourth-order valence-corrected chi connectivity index (χ4v) is 2.60. The van der Waals surface area contributed by atoms with Crippen molar-refractivity contribution in [2.24, 2.45) is 0 Å². The Hall–Kier alpha value is -0.670. The normalized spacial score (nSPS) is 22.5. The zero-order valence-corrected chi connectivity index (χ0v) is 8.49. The van der Waals surface area contributed by atoms with Crippen LogP contribution in [0.25, 0.3) is 0 Å². The minimum Gasteiger partial charge on any atom is -0.307 e. The lowest BCUT2D eigenvalue weighted by molar-refractivity contribution is -0.118. The maximum atomic E-state index is 11.4. The van der Waals surface area contributed by atoms with Crippen LogP contribution < -0.4 is 5.32 Å². The molecule has 1 atom stereocenters. The van der Waals surface area contributed by atoms with E-state index in [4.69, 9.17) is 0 Å². The first-order chi connectivity index (χ1) is 6.27. The molecule has 0 aromatic carbocycles. The molecule has 2 heterocycles. The van der Waals surface area contributed by atoms with E-state index in [0.717, 1.165) is 13.0 Å². The van der Waals surface area contributed by atoms with Gasteiger partial charge in [0.2, 0.25) is 0 Å². The zero-order valence-electron chi connectivity index (χ0n) is 7.67. The van der Waals surface area contributed by atoms with Crippen molar-refractivity contribution in [3.05, 3.63) is 21.9 Å². The summed E-state index contributed by atoms with van der Waals surface area (Å²) in [5.74, 6) is 0.368. The molecule has 1 fully saturated rings. The number of hydrogen-bond acceptors (Lipinski definition) is 3. The molecule has 0 amide bonds. The van der Waals surface area contributed by atoms with Crippen molar-refractivity contribution in [1.29, 1.82) is 0 Å². The monoisotopic (exact) mass is 195 g/mol. The summed E-state index contributed by atoms with van der Waals surface area (Å²) >= 11 is 1.75. The molecule has 0 aliphatic carbocycles. The second-order valence-corrected chi connectivity index (χ2v) is 4.45. The Morgan fingerprint density at radius 3 is 3.08 bits per heavy atom. The average Bonchev–Trinajstić information content (AvgIpc) is 2.65. The molecule has 13 heavy (non-hydrogen) atoms. The van der Waals surface area contributed by atoms with Gasteiger partial charge in [0, 0.05) is 24.3 Å². The molecule has 1 N–H and O–H groups in total. The molecule has 1 unspecified atom stereocenters. The summed E-state index contributed by atoms with van der Waals surface area (Å²) in [6.45, 7) is 2.96. The van der Waals surface area contributed by atoms with Crippen LogP contribution in [0.2, 0.25) is 0 Å². The summed E-state index contributed by atoms with van der Waals surface area (Å²) in [7, 11) is 0. The van der Waals surface area contributed by atoms with Crippen LogP contribution in [-0.4, -0.2) is 18.4 Å².